The van der Waals surface area contributed by atoms with Crippen molar-refractivity contribution in [3.8, 4) is 11.5 Å². The normalized spacial score (nSPS) is 16.6. The van der Waals surface area contributed by atoms with Gasteiger partial charge in [-0.1, -0.05) is 17.4 Å². The highest BCUT2D eigenvalue weighted by atomic mass is 32.2. The van der Waals surface area contributed by atoms with E-state index < -0.39 is 13.1 Å². The van der Waals surface area contributed by atoms with Crippen LogP contribution in [0.4, 0.5) is 5.13 Å². The van der Waals surface area contributed by atoms with E-state index in [1.165, 1.54) is 30.2 Å². The first-order valence-corrected chi connectivity index (χ1v) is 8.35. The maximum Gasteiger partial charge on any atom is 0.537 e. The third-order valence-corrected chi connectivity index (χ3v) is 5.58. The van der Waals surface area contributed by atoms with Gasteiger partial charge in [-0.3, -0.25) is 0 Å². The molecule has 0 bridgehead atoms. The Labute approximate surface area is 140 Å². The number of nitrogens with two attached hydrogens (primary N) is 1. The van der Waals surface area contributed by atoms with Gasteiger partial charge in [0.2, 0.25) is 0 Å². The van der Waals surface area contributed by atoms with E-state index in [1.807, 2.05) is 0 Å². The lowest BCUT2D eigenvalue weighted by molar-refractivity contribution is 0.0690. The first kappa shape index (κ1) is 16.0. The third-order valence-electron chi connectivity index (χ3n) is 3.38. The van der Waals surface area contributed by atoms with Crippen molar-refractivity contribution in [2.45, 2.75) is 15.8 Å². The number of thiazole rings is 1. The van der Waals surface area contributed by atoms with E-state index in [9.17, 15) is 14.9 Å². The fourth-order valence-electron chi connectivity index (χ4n) is 2.37. The fourth-order valence-corrected chi connectivity index (χ4v) is 4.45. The summed E-state index contributed by atoms with van der Waals surface area (Å²) in [6.07, 6.45) is 2.10. The number of methoxy groups -OCH3 is 1. The Morgan fingerprint density at radius 1 is 1.61 bits per heavy atom. The number of hydrogen-bond donors (Lipinski definition) is 3. The number of fused-ring (bicyclic) bond motifs is 1. The fraction of sp³-hybridized carbons (Fsp3) is 0.231. The lowest BCUT2D eigenvalue weighted by Crippen LogP contribution is -2.40. The molecule has 23 heavy (non-hydrogen) atoms. The maximum atomic E-state index is 11.5. The Bertz CT molecular complexity index is 754. The number of nitrogen functional groups attached to an aromatic ring is 1. The number of rotatable bonds is 4. The molecule has 1 atom stereocenters. The quantitative estimate of drug-likeness (QED) is 0.710. The second kappa shape index (κ2) is 6.30. The van der Waals surface area contributed by atoms with Crippen LogP contribution >= 0.6 is 23.1 Å². The number of carboxylic acids is 1. The van der Waals surface area contributed by atoms with Crippen LogP contribution in [0.15, 0.2) is 22.5 Å². The Hall–Kier alpha value is -1.91. The second-order valence-corrected chi connectivity index (χ2v) is 7.42. The molecular formula is C13H13BN2O5S2. The molecular weight excluding hydrogens is 339 g/mol. The van der Waals surface area contributed by atoms with E-state index in [4.69, 9.17) is 15.1 Å². The molecule has 0 saturated heterocycles. The van der Waals surface area contributed by atoms with Gasteiger partial charge in [0.05, 0.1) is 22.7 Å². The molecule has 0 aliphatic carbocycles. The van der Waals surface area contributed by atoms with E-state index in [-0.39, 0.29) is 22.2 Å². The number of ether oxygens (including phenoxy) is 1. The highest BCUT2D eigenvalue weighted by Gasteiger charge is 2.38. The van der Waals surface area contributed by atoms with Crippen LogP contribution in [0.2, 0.25) is 0 Å². The van der Waals surface area contributed by atoms with Gasteiger partial charge in [0.15, 0.2) is 5.13 Å². The highest BCUT2D eigenvalue weighted by molar-refractivity contribution is 8.03. The van der Waals surface area contributed by atoms with Crippen molar-refractivity contribution in [1.29, 1.82) is 0 Å². The molecule has 10 heteroatoms. The number of hydrogen-bond acceptors (Lipinski definition) is 8. The average molecular weight is 352 g/mol. The summed E-state index contributed by atoms with van der Waals surface area (Å²) in [4.78, 5) is 15.4. The third kappa shape index (κ3) is 3.10. The van der Waals surface area contributed by atoms with Crippen LogP contribution < -0.4 is 15.1 Å². The number of carbonyl (C=O) groups is 1. The number of anilines is 1. The van der Waals surface area contributed by atoms with Crippen LogP contribution in [0.5, 0.6) is 11.5 Å². The van der Waals surface area contributed by atoms with Crippen molar-refractivity contribution in [3.05, 3.63) is 29.5 Å². The van der Waals surface area contributed by atoms with Crippen molar-refractivity contribution >= 4 is 41.3 Å². The van der Waals surface area contributed by atoms with Gasteiger partial charge in [-0.2, -0.15) is 0 Å². The monoisotopic (exact) mass is 352 g/mol. The molecule has 3 rings (SSSR count). The molecule has 0 amide bonds. The molecule has 2 heterocycles. The van der Waals surface area contributed by atoms with Gasteiger partial charge in [-0.25, -0.2) is 9.78 Å². The largest absolute Gasteiger partial charge is 0.537 e. The summed E-state index contributed by atoms with van der Waals surface area (Å²) in [7, 11) is 0.251. The second-order valence-electron chi connectivity index (χ2n) is 4.82. The van der Waals surface area contributed by atoms with Gasteiger partial charge in [-0.15, -0.1) is 11.8 Å². The molecule has 0 fully saturated rings. The summed E-state index contributed by atoms with van der Waals surface area (Å²) in [5, 5.41) is 19.8. The Balaban J connectivity index is 1.91. The molecule has 1 aliphatic rings. The number of carboxylic acid groups (broad SMARTS) is 1. The smallest absolute Gasteiger partial charge is 0.534 e. The molecule has 0 spiro atoms. The number of benzene rings is 1. The topological polar surface area (TPSA) is 115 Å². The van der Waals surface area contributed by atoms with E-state index in [0.717, 1.165) is 4.21 Å². The number of aromatic nitrogens is 1. The summed E-state index contributed by atoms with van der Waals surface area (Å²) in [5.74, 6) is -0.804. The van der Waals surface area contributed by atoms with Gasteiger partial charge in [-0.05, 0) is 18.1 Å². The molecule has 0 saturated carbocycles. The molecule has 7 nitrogen and oxygen atoms in total. The summed E-state index contributed by atoms with van der Waals surface area (Å²) in [6.45, 7) is 0. The van der Waals surface area contributed by atoms with Crippen molar-refractivity contribution in [2.75, 3.05) is 12.8 Å². The number of aromatic carboxylic acids is 1. The summed E-state index contributed by atoms with van der Waals surface area (Å²) in [6, 6.07) is 3.34. The van der Waals surface area contributed by atoms with Crippen LogP contribution in [-0.4, -0.2) is 40.5 Å². The van der Waals surface area contributed by atoms with Gasteiger partial charge in [0.1, 0.15) is 17.1 Å². The lowest BCUT2D eigenvalue weighted by Gasteiger charge is -2.28. The van der Waals surface area contributed by atoms with Crippen LogP contribution in [0, 0.1) is 0 Å². The first-order chi connectivity index (χ1) is 11.0. The molecule has 1 aromatic heterocycles. The van der Waals surface area contributed by atoms with Crippen LogP contribution in [0.25, 0.3) is 0 Å². The predicted molar refractivity (Wildman–Crippen MR) is 88.4 cm³/mol. The van der Waals surface area contributed by atoms with Crippen molar-refractivity contribution in [2.24, 2.45) is 0 Å². The molecule has 1 aromatic carbocycles. The van der Waals surface area contributed by atoms with Crippen molar-refractivity contribution in [3.63, 3.8) is 0 Å². The standard InChI is InChI=1S/C13H13BN2O5S2/c1-20-7-3-2-6-4-8(22-9-5-16-13(15)23-9)14(19)21-11(6)10(7)12(17)18/h2-3,5,8,19H,4H2,1H3,(H2,15,16)(H,17,18)/t8-/m0/s1. The minimum atomic E-state index is -1.16. The van der Waals surface area contributed by atoms with Gasteiger partial charge >= 0.3 is 13.1 Å². The van der Waals surface area contributed by atoms with E-state index in [2.05, 4.69) is 4.98 Å². The van der Waals surface area contributed by atoms with Crippen LogP contribution in [-0.2, 0) is 6.42 Å². The zero-order valence-electron chi connectivity index (χ0n) is 12.1. The zero-order valence-corrected chi connectivity index (χ0v) is 13.7. The highest BCUT2D eigenvalue weighted by Crippen LogP contribution is 2.41. The predicted octanol–water partition coefficient (Wildman–Crippen LogP) is 1.55. The number of nitrogens with zero attached hydrogens (tertiary/aromatic N) is 1. The van der Waals surface area contributed by atoms with Gasteiger partial charge < -0.3 is 25.3 Å². The summed E-state index contributed by atoms with van der Waals surface area (Å²) >= 11 is 2.73. The van der Waals surface area contributed by atoms with Crippen molar-refractivity contribution in [1.82, 2.24) is 4.98 Å². The molecule has 2 aromatic rings. The molecule has 0 radical (unpaired) electrons. The minimum Gasteiger partial charge on any atom is -0.534 e. The van der Waals surface area contributed by atoms with Crippen LogP contribution in [0.1, 0.15) is 15.9 Å². The first-order valence-electron chi connectivity index (χ1n) is 6.65. The van der Waals surface area contributed by atoms with Crippen molar-refractivity contribution < 1.29 is 24.3 Å². The zero-order chi connectivity index (χ0) is 16.6. The molecule has 4 N–H and O–H groups in total. The molecule has 120 valence electrons. The minimum absolute atomic E-state index is 0.0745. The lowest BCUT2D eigenvalue weighted by atomic mass is 9.77. The summed E-state index contributed by atoms with van der Waals surface area (Å²) in [5.41, 5.74) is 6.24. The van der Waals surface area contributed by atoms with E-state index in [1.54, 1.807) is 18.3 Å². The van der Waals surface area contributed by atoms with Crippen LogP contribution in [0.3, 0.4) is 0 Å². The Morgan fingerprint density at radius 2 is 2.39 bits per heavy atom. The summed E-state index contributed by atoms with van der Waals surface area (Å²) < 4.78 is 11.4. The van der Waals surface area contributed by atoms with E-state index in [0.29, 0.717) is 17.1 Å². The van der Waals surface area contributed by atoms with Gasteiger partial charge in [0, 0.05) is 0 Å². The Kier molecular flexibility index (Phi) is 4.38. The maximum absolute atomic E-state index is 11.5. The number of thioether (sulfide) groups is 1. The Morgan fingerprint density at radius 3 is 3.00 bits per heavy atom. The molecule has 0 unspecified atom stereocenters. The average Bonchev–Trinajstić information content (AvgIpc) is 2.92. The molecule has 1 aliphatic heterocycles. The van der Waals surface area contributed by atoms with Gasteiger partial charge in [0.25, 0.3) is 0 Å². The SMILES string of the molecule is COc1ccc2c(c1C(=O)O)OB(O)[C@@H](Sc1cnc(N)s1)C2. The van der Waals surface area contributed by atoms with E-state index >= 15 is 0 Å².